The lowest BCUT2D eigenvalue weighted by atomic mass is 9.99. The molecule has 3 aromatic rings. The van der Waals surface area contributed by atoms with Gasteiger partial charge in [0.1, 0.15) is 24.2 Å². The van der Waals surface area contributed by atoms with Gasteiger partial charge in [0.05, 0.1) is 23.4 Å². The zero-order valence-corrected chi connectivity index (χ0v) is 19.9. The summed E-state index contributed by atoms with van der Waals surface area (Å²) in [7, 11) is 0. The fraction of sp³-hybridized carbons (Fsp3) is 0.370. The summed E-state index contributed by atoms with van der Waals surface area (Å²) >= 11 is 0. The zero-order chi connectivity index (χ0) is 25.2. The maximum atomic E-state index is 14.7. The molecule has 2 aliphatic rings. The number of rotatable bonds is 7. The van der Waals surface area contributed by atoms with Gasteiger partial charge in [0.2, 0.25) is 5.95 Å². The van der Waals surface area contributed by atoms with E-state index in [4.69, 9.17) is 20.6 Å². The quantitative estimate of drug-likeness (QED) is 0.523. The lowest BCUT2D eigenvalue weighted by Crippen LogP contribution is -2.43. The number of nitrogens with zero attached hydrogens (tertiary/aromatic N) is 4. The summed E-state index contributed by atoms with van der Waals surface area (Å²) in [5, 5.41) is 18.2. The minimum absolute atomic E-state index is 0.0674. The predicted octanol–water partition coefficient (Wildman–Crippen LogP) is 3.22. The molecule has 2 heterocycles. The highest BCUT2D eigenvalue weighted by atomic mass is 19.1. The van der Waals surface area contributed by atoms with Crippen LogP contribution in [-0.4, -0.2) is 47.0 Å². The Hall–Kier alpha value is -3.74. The van der Waals surface area contributed by atoms with E-state index >= 15 is 0 Å². The first-order chi connectivity index (χ1) is 17.5. The van der Waals surface area contributed by atoms with Gasteiger partial charge >= 0.3 is 0 Å². The molecule has 0 unspecified atom stereocenters. The van der Waals surface area contributed by atoms with Crippen molar-refractivity contribution in [2.45, 2.75) is 37.8 Å². The van der Waals surface area contributed by atoms with Crippen molar-refractivity contribution < 1.29 is 14.2 Å². The molecule has 0 spiro atoms. The van der Waals surface area contributed by atoms with Gasteiger partial charge in [-0.2, -0.15) is 5.26 Å². The second-order valence-electron chi connectivity index (χ2n) is 9.27. The van der Waals surface area contributed by atoms with Gasteiger partial charge in [-0.3, -0.25) is 9.36 Å². The first-order valence-electron chi connectivity index (χ1n) is 12.2. The highest BCUT2D eigenvalue weighted by Gasteiger charge is 2.33. The lowest BCUT2D eigenvalue weighted by molar-refractivity contribution is 0.201. The number of hydrogen-bond acceptors (Lipinski definition) is 7. The van der Waals surface area contributed by atoms with E-state index in [1.807, 2.05) is 6.07 Å². The number of aromatic nitrogens is 2. The van der Waals surface area contributed by atoms with E-state index in [0.29, 0.717) is 47.2 Å². The van der Waals surface area contributed by atoms with Crippen LogP contribution in [0.4, 0.5) is 10.3 Å². The third-order valence-electron chi connectivity index (χ3n) is 6.70. The van der Waals surface area contributed by atoms with Crippen molar-refractivity contribution in [2.75, 3.05) is 31.2 Å². The average Bonchev–Trinajstić information content (AvgIpc) is 3.73. The monoisotopic (exact) mass is 489 g/mol. The van der Waals surface area contributed by atoms with Gasteiger partial charge in [-0.05, 0) is 55.5 Å². The Labute approximate surface area is 208 Å². The first kappa shape index (κ1) is 24.0. The molecule has 0 radical (unpaired) electrons. The molecule has 1 aliphatic carbocycles. The topological polar surface area (TPSA) is 117 Å². The Morgan fingerprint density at radius 2 is 1.81 bits per heavy atom. The zero-order valence-electron chi connectivity index (χ0n) is 19.9. The number of nitriles is 1. The minimum atomic E-state index is -0.660. The molecule has 0 atom stereocenters. The predicted molar refractivity (Wildman–Crippen MR) is 134 cm³/mol. The van der Waals surface area contributed by atoms with E-state index in [2.05, 4.69) is 4.90 Å². The Kier molecular flexibility index (Phi) is 6.72. The van der Waals surface area contributed by atoms with Gasteiger partial charge in [0, 0.05) is 30.7 Å². The molecule has 1 saturated heterocycles. The van der Waals surface area contributed by atoms with Crippen molar-refractivity contribution >= 4 is 5.95 Å². The van der Waals surface area contributed by atoms with Crippen LogP contribution < -0.4 is 20.9 Å². The van der Waals surface area contributed by atoms with Crippen molar-refractivity contribution in [1.29, 1.82) is 5.26 Å². The van der Waals surface area contributed by atoms with Crippen molar-refractivity contribution in [3.63, 3.8) is 0 Å². The Bertz CT molecular complexity index is 1350. The number of piperidine rings is 1. The van der Waals surface area contributed by atoms with Crippen LogP contribution in [0.1, 0.15) is 37.3 Å². The van der Waals surface area contributed by atoms with Crippen LogP contribution >= 0.6 is 0 Å². The summed E-state index contributed by atoms with van der Waals surface area (Å²) in [4.78, 5) is 21.2. The fourth-order valence-corrected chi connectivity index (χ4v) is 4.61. The standard InChI is InChI=1S/C27H28FN5O3/c28-23-15-18(1-2-19(23)16-29)25-24(17-3-7-22(8-4-17)36-14-13-34)26(35)33(21-5-6-21)27(31-25)32-11-9-20(30)10-12-32/h1-4,7-8,15,20-21,34H,5-6,9-14,30H2. The highest BCUT2D eigenvalue weighted by Crippen LogP contribution is 2.39. The summed E-state index contributed by atoms with van der Waals surface area (Å²) < 4.78 is 21.9. The maximum absolute atomic E-state index is 14.7. The van der Waals surface area contributed by atoms with E-state index in [1.54, 1.807) is 34.9 Å². The smallest absolute Gasteiger partial charge is 0.263 e. The van der Waals surface area contributed by atoms with Gasteiger partial charge in [-0.25, -0.2) is 9.37 Å². The van der Waals surface area contributed by atoms with Crippen LogP contribution in [0.3, 0.4) is 0 Å². The number of aliphatic hydroxyl groups is 1. The van der Waals surface area contributed by atoms with Crippen LogP contribution in [0.15, 0.2) is 47.3 Å². The third-order valence-corrected chi connectivity index (χ3v) is 6.70. The second-order valence-corrected chi connectivity index (χ2v) is 9.27. The van der Waals surface area contributed by atoms with Crippen LogP contribution in [0, 0.1) is 17.1 Å². The van der Waals surface area contributed by atoms with E-state index in [0.717, 1.165) is 25.7 Å². The molecule has 2 aromatic carbocycles. The molecule has 1 aromatic heterocycles. The summed E-state index contributed by atoms with van der Waals surface area (Å²) in [6.45, 7) is 1.45. The number of halogens is 1. The van der Waals surface area contributed by atoms with E-state index in [-0.39, 0.29) is 36.4 Å². The first-order valence-corrected chi connectivity index (χ1v) is 12.2. The molecule has 1 aliphatic heterocycles. The number of ether oxygens (including phenoxy) is 1. The molecule has 2 fully saturated rings. The molecule has 0 amide bonds. The van der Waals surface area contributed by atoms with Crippen molar-refractivity contribution in [2.24, 2.45) is 5.73 Å². The molecule has 0 bridgehead atoms. The van der Waals surface area contributed by atoms with E-state index in [9.17, 15) is 14.4 Å². The van der Waals surface area contributed by atoms with Gasteiger partial charge in [0.15, 0.2) is 0 Å². The molecule has 1 saturated carbocycles. The van der Waals surface area contributed by atoms with Gasteiger partial charge in [0.25, 0.3) is 5.56 Å². The maximum Gasteiger partial charge on any atom is 0.263 e. The number of hydrogen-bond donors (Lipinski definition) is 2. The highest BCUT2D eigenvalue weighted by molar-refractivity contribution is 5.81. The van der Waals surface area contributed by atoms with Gasteiger partial charge in [-0.1, -0.05) is 18.2 Å². The van der Waals surface area contributed by atoms with Crippen LogP contribution in [0.25, 0.3) is 22.4 Å². The Balaban J connectivity index is 1.70. The molecular formula is C27H28FN5O3. The molecular weight excluding hydrogens is 461 g/mol. The van der Waals surface area contributed by atoms with E-state index < -0.39 is 5.82 Å². The van der Waals surface area contributed by atoms with Gasteiger partial charge in [-0.15, -0.1) is 0 Å². The number of aliphatic hydroxyl groups excluding tert-OH is 1. The SMILES string of the molecule is N#Cc1ccc(-c2nc(N3CCC(N)CC3)n(C3CC3)c(=O)c2-c2ccc(OCCO)cc2)cc1F. The number of benzene rings is 2. The van der Waals surface area contributed by atoms with Crippen molar-refractivity contribution in [1.82, 2.24) is 9.55 Å². The molecule has 36 heavy (non-hydrogen) atoms. The van der Waals surface area contributed by atoms with Gasteiger partial charge < -0.3 is 20.5 Å². The molecule has 3 N–H and O–H groups in total. The Morgan fingerprint density at radius 3 is 2.42 bits per heavy atom. The normalized spacial score (nSPS) is 16.1. The summed E-state index contributed by atoms with van der Waals surface area (Å²) in [5.41, 5.74) is 7.67. The number of anilines is 1. The minimum Gasteiger partial charge on any atom is -0.491 e. The van der Waals surface area contributed by atoms with E-state index in [1.165, 1.54) is 12.1 Å². The van der Waals surface area contributed by atoms with Crippen LogP contribution in [-0.2, 0) is 0 Å². The van der Waals surface area contributed by atoms with Crippen molar-refractivity contribution in [3.05, 3.63) is 64.2 Å². The van der Waals surface area contributed by atoms with Crippen LogP contribution in [0.5, 0.6) is 5.75 Å². The summed E-state index contributed by atoms with van der Waals surface area (Å²) in [6, 6.07) is 13.3. The average molecular weight is 490 g/mol. The Morgan fingerprint density at radius 1 is 1.11 bits per heavy atom. The second kappa shape index (κ2) is 10.1. The third kappa shape index (κ3) is 4.70. The summed E-state index contributed by atoms with van der Waals surface area (Å²) in [5.74, 6) is 0.490. The van der Waals surface area contributed by atoms with Crippen LogP contribution in [0.2, 0.25) is 0 Å². The molecule has 8 nitrogen and oxygen atoms in total. The molecule has 186 valence electrons. The molecule has 9 heteroatoms. The van der Waals surface area contributed by atoms with Crippen molar-refractivity contribution in [3.8, 4) is 34.2 Å². The summed E-state index contributed by atoms with van der Waals surface area (Å²) in [6.07, 6.45) is 3.41. The number of nitrogens with two attached hydrogens (primary N) is 1. The molecule has 5 rings (SSSR count). The largest absolute Gasteiger partial charge is 0.491 e. The lowest BCUT2D eigenvalue weighted by Gasteiger charge is -2.33. The fourth-order valence-electron chi connectivity index (χ4n) is 4.61.